The number of ether oxygens (including phenoxy) is 2. The van der Waals surface area contributed by atoms with Crippen LogP contribution < -0.4 is 0 Å². The van der Waals surface area contributed by atoms with Crippen LogP contribution in [0.15, 0.2) is 0 Å². The Kier molecular flexibility index (Phi) is 13.2. The Morgan fingerprint density at radius 3 is 2.00 bits per heavy atom. The highest BCUT2D eigenvalue weighted by atomic mass is 16.5. The van der Waals surface area contributed by atoms with Crippen LogP contribution in [-0.2, 0) is 19.1 Å². The lowest BCUT2D eigenvalue weighted by Gasteiger charge is -2.13. The van der Waals surface area contributed by atoms with E-state index in [2.05, 4.69) is 6.92 Å². The maximum Gasteiger partial charge on any atom is 0.306 e. The molecule has 0 aromatic heterocycles. The zero-order valence-corrected chi connectivity index (χ0v) is 14.0. The summed E-state index contributed by atoms with van der Waals surface area (Å²) >= 11 is 0. The monoisotopic (exact) mass is 300 g/mol. The van der Waals surface area contributed by atoms with Gasteiger partial charge in [0.05, 0.1) is 19.4 Å². The summed E-state index contributed by atoms with van der Waals surface area (Å²) in [5, 5.41) is 0. The second-order valence-electron chi connectivity index (χ2n) is 5.42. The van der Waals surface area contributed by atoms with E-state index in [-0.39, 0.29) is 30.9 Å². The highest BCUT2D eigenvalue weighted by Gasteiger charge is 2.13. The molecule has 4 nitrogen and oxygen atoms in total. The van der Waals surface area contributed by atoms with Gasteiger partial charge in [0.2, 0.25) is 0 Å². The Hall–Kier alpha value is -1.06. The Bertz CT molecular complexity index is 272. The molecule has 0 aliphatic rings. The number of hydrogen-bond donors (Lipinski definition) is 0. The van der Waals surface area contributed by atoms with E-state index in [1.54, 1.807) is 0 Å². The Labute approximate surface area is 129 Å². The van der Waals surface area contributed by atoms with E-state index < -0.39 is 0 Å². The topological polar surface area (TPSA) is 52.6 Å². The molecule has 0 atom stereocenters. The molecular formula is C17H32O4. The molecule has 0 saturated heterocycles. The summed E-state index contributed by atoms with van der Waals surface area (Å²) in [4.78, 5) is 23.0. The third-order valence-electron chi connectivity index (χ3n) is 3.50. The quantitative estimate of drug-likeness (QED) is 0.373. The van der Waals surface area contributed by atoms with E-state index in [9.17, 15) is 9.59 Å². The minimum absolute atomic E-state index is 0.0309. The summed E-state index contributed by atoms with van der Waals surface area (Å²) in [6.07, 6.45) is 8.81. The molecule has 0 saturated carbocycles. The fourth-order valence-corrected chi connectivity index (χ4v) is 2.04. The Balaban J connectivity index is 3.51. The molecule has 0 N–H and O–H groups in total. The number of unbranched alkanes of at least 4 members (excludes halogenated alkanes) is 5. The largest absolute Gasteiger partial charge is 0.466 e. The third-order valence-corrected chi connectivity index (χ3v) is 3.50. The van der Waals surface area contributed by atoms with Crippen LogP contribution in [0.3, 0.4) is 0 Å². The molecule has 0 aliphatic carbocycles. The van der Waals surface area contributed by atoms with Crippen LogP contribution in [0.1, 0.15) is 85.0 Å². The van der Waals surface area contributed by atoms with E-state index in [1.807, 2.05) is 13.8 Å². The highest BCUT2D eigenvalue weighted by molar-refractivity contribution is 5.77. The summed E-state index contributed by atoms with van der Waals surface area (Å²) in [7, 11) is 0. The van der Waals surface area contributed by atoms with Crippen LogP contribution in [0.25, 0.3) is 0 Å². The minimum Gasteiger partial charge on any atom is -0.466 e. The van der Waals surface area contributed by atoms with Gasteiger partial charge in [0, 0.05) is 0 Å². The van der Waals surface area contributed by atoms with Crippen LogP contribution in [0, 0.1) is 0 Å². The molecule has 0 heterocycles. The van der Waals surface area contributed by atoms with Gasteiger partial charge in [-0.25, -0.2) is 0 Å². The van der Waals surface area contributed by atoms with Crippen LogP contribution in [0.2, 0.25) is 0 Å². The fourth-order valence-electron chi connectivity index (χ4n) is 2.04. The molecule has 0 aliphatic heterocycles. The van der Waals surface area contributed by atoms with Gasteiger partial charge in [-0.05, 0) is 19.3 Å². The lowest BCUT2D eigenvalue weighted by Crippen LogP contribution is -2.17. The first-order valence-electron chi connectivity index (χ1n) is 8.49. The molecule has 0 bridgehead atoms. The number of carbonyl (C=O) groups excluding carboxylic acids is 2. The average Bonchev–Trinajstić information content (AvgIpc) is 2.49. The van der Waals surface area contributed by atoms with Gasteiger partial charge in [-0.2, -0.15) is 0 Å². The zero-order chi connectivity index (χ0) is 15.9. The van der Waals surface area contributed by atoms with Crippen molar-refractivity contribution in [3.8, 4) is 0 Å². The van der Waals surface area contributed by atoms with Crippen molar-refractivity contribution < 1.29 is 19.1 Å². The summed E-state index contributed by atoms with van der Waals surface area (Å²) in [5.41, 5.74) is 0. The normalized spacial score (nSPS) is 10.7. The average molecular weight is 300 g/mol. The molecule has 0 radical (unpaired) electrons. The lowest BCUT2D eigenvalue weighted by molar-refractivity contribution is -0.154. The van der Waals surface area contributed by atoms with E-state index in [4.69, 9.17) is 9.47 Å². The van der Waals surface area contributed by atoms with Gasteiger partial charge in [-0.1, -0.05) is 52.9 Å². The predicted octanol–water partition coefficient (Wildman–Crippen LogP) is 4.40. The van der Waals surface area contributed by atoms with Crippen LogP contribution in [-0.4, -0.2) is 24.6 Å². The standard InChI is InChI=1S/C17H32O4/c1-4-7-8-9-10-11-14-20-16(18)12-13-17(19)21-15(5-2)6-3/h15H,4-14H2,1-3H3. The van der Waals surface area contributed by atoms with Crippen molar-refractivity contribution in [2.45, 2.75) is 91.1 Å². The van der Waals surface area contributed by atoms with Crippen molar-refractivity contribution in [3.05, 3.63) is 0 Å². The first-order valence-corrected chi connectivity index (χ1v) is 8.49. The molecule has 124 valence electrons. The van der Waals surface area contributed by atoms with Crippen molar-refractivity contribution in [2.75, 3.05) is 6.61 Å². The minimum atomic E-state index is -0.305. The maximum atomic E-state index is 11.5. The van der Waals surface area contributed by atoms with Gasteiger partial charge < -0.3 is 9.47 Å². The van der Waals surface area contributed by atoms with Gasteiger partial charge in [0.25, 0.3) is 0 Å². The summed E-state index contributed by atoms with van der Waals surface area (Å²) in [5.74, 6) is -0.606. The Morgan fingerprint density at radius 2 is 1.38 bits per heavy atom. The molecule has 0 rings (SSSR count). The molecule has 0 amide bonds. The fraction of sp³-hybridized carbons (Fsp3) is 0.882. The second-order valence-corrected chi connectivity index (χ2v) is 5.42. The van der Waals surface area contributed by atoms with E-state index >= 15 is 0 Å². The maximum absolute atomic E-state index is 11.5. The van der Waals surface area contributed by atoms with E-state index in [0.29, 0.717) is 6.61 Å². The molecule has 21 heavy (non-hydrogen) atoms. The molecule has 4 heteroatoms. The predicted molar refractivity (Wildman–Crippen MR) is 84.0 cm³/mol. The molecule has 0 fully saturated rings. The van der Waals surface area contributed by atoms with Gasteiger partial charge in [-0.15, -0.1) is 0 Å². The first kappa shape index (κ1) is 19.9. The van der Waals surface area contributed by atoms with E-state index in [0.717, 1.165) is 25.7 Å². The molecule has 0 aromatic rings. The van der Waals surface area contributed by atoms with Crippen LogP contribution >= 0.6 is 0 Å². The van der Waals surface area contributed by atoms with Crippen molar-refractivity contribution >= 4 is 11.9 Å². The van der Waals surface area contributed by atoms with Gasteiger partial charge >= 0.3 is 11.9 Å². The number of esters is 2. The van der Waals surface area contributed by atoms with Crippen molar-refractivity contribution in [1.29, 1.82) is 0 Å². The van der Waals surface area contributed by atoms with Crippen molar-refractivity contribution in [3.63, 3.8) is 0 Å². The molecule has 0 aromatic carbocycles. The molecule has 0 unspecified atom stereocenters. The molecular weight excluding hydrogens is 268 g/mol. The van der Waals surface area contributed by atoms with Gasteiger partial charge in [0.15, 0.2) is 0 Å². The number of rotatable bonds is 13. The second kappa shape index (κ2) is 13.9. The smallest absolute Gasteiger partial charge is 0.306 e. The first-order chi connectivity index (χ1) is 10.1. The van der Waals surface area contributed by atoms with E-state index in [1.165, 1.54) is 25.7 Å². The summed E-state index contributed by atoms with van der Waals surface area (Å²) in [6, 6.07) is 0. The lowest BCUT2D eigenvalue weighted by atomic mass is 10.1. The van der Waals surface area contributed by atoms with Gasteiger partial charge in [0.1, 0.15) is 6.10 Å². The van der Waals surface area contributed by atoms with Crippen molar-refractivity contribution in [2.24, 2.45) is 0 Å². The Morgan fingerprint density at radius 1 is 0.810 bits per heavy atom. The number of hydrogen-bond acceptors (Lipinski definition) is 4. The SMILES string of the molecule is CCCCCCCCOC(=O)CCC(=O)OC(CC)CC. The number of carbonyl (C=O) groups is 2. The van der Waals surface area contributed by atoms with Crippen LogP contribution in [0.5, 0.6) is 0 Å². The van der Waals surface area contributed by atoms with Crippen LogP contribution in [0.4, 0.5) is 0 Å². The zero-order valence-electron chi connectivity index (χ0n) is 14.0. The van der Waals surface area contributed by atoms with Gasteiger partial charge in [-0.3, -0.25) is 9.59 Å². The summed E-state index contributed by atoms with van der Waals surface area (Å²) < 4.78 is 10.3. The highest BCUT2D eigenvalue weighted by Crippen LogP contribution is 2.07. The third kappa shape index (κ3) is 12.4. The molecule has 0 spiro atoms. The van der Waals surface area contributed by atoms with Crippen molar-refractivity contribution in [1.82, 2.24) is 0 Å². The summed E-state index contributed by atoms with van der Waals surface area (Å²) in [6.45, 7) is 6.62.